The van der Waals surface area contributed by atoms with Crippen molar-refractivity contribution >= 4 is 11.9 Å². The van der Waals surface area contributed by atoms with Crippen LogP contribution in [0.3, 0.4) is 0 Å². The van der Waals surface area contributed by atoms with E-state index < -0.39 is 12.0 Å². The van der Waals surface area contributed by atoms with E-state index in [1.807, 2.05) is 0 Å². The van der Waals surface area contributed by atoms with E-state index in [0.29, 0.717) is 11.3 Å². The number of methoxy groups -OCH3 is 2. The Balaban J connectivity index is 2.72. The normalized spacial score (nSPS) is 11.5. The van der Waals surface area contributed by atoms with Crippen molar-refractivity contribution in [2.24, 2.45) is 0 Å². The van der Waals surface area contributed by atoms with E-state index in [1.165, 1.54) is 14.2 Å². The van der Waals surface area contributed by atoms with Gasteiger partial charge >= 0.3 is 5.97 Å². The van der Waals surface area contributed by atoms with E-state index in [0.717, 1.165) is 0 Å². The SMILES string of the molecule is COC(=O)C(C)NC(=O)c1cccc(OC)c1. The summed E-state index contributed by atoms with van der Waals surface area (Å²) in [6, 6.07) is 6.00. The Kier molecular flexibility index (Phi) is 4.51. The predicted molar refractivity (Wildman–Crippen MR) is 61.9 cm³/mol. The molecule has 92 valence electrons. The zero-order valence-electron chi connectivity index (χ0n) is 10.0. The monoisotopic (exact) mass is 237 g/mol. The lowest BCUT2D eigenvalue weighted by Gasteiger charge is -2.11. The maximum absolute atomic E-state index is 11.8. The van der Waals surface area contributed by atoms with Crippen molar-refractivity contribution < 1.29 is 19.1 Å². The van der Waals surface area contributed by atoms with Gasteiger partial charge in [-0.1, -0.05) is 6.07 Å². The van der Waals surface area contributed by atoms with Crippen LogP contribution in [-0.4, -0.2) is 32.1 Å². The summed E-state index contributed by atoms with van der Waals surface area (Å²) in [7, 11) is 2.80. The van der Waals surface area contributed by atoms with Crippen LogP contribution in [0.2, 0.25) is 0 Å². The van der Waals surface area contributed by atoms with Crippen molar-refractivity contribution in [3.05, 3.63) is 29.8 Å². The molecule has 1 rings (SSSR count). The molecule has 1 N–H and O–H groups in total. The molecule has 0 heterocycles. The van der Waals surface area contributed by atoms with Gasteiger partial charge < -0.3 is 14.8 Å². The molecule has 0 aromatic heterocycles. The lowest BCUT2D eigenvalue weighted by molar-refractivity contribution is -0.142. The summed E-state index contributed by atoms with van der Waals surface area (Å²) in [6.45, 7) is 1.56. The van der Waals surface area contributed by atoms with Crippen LogP contribution in [0.4, 0.5) is 0 Å². The number of esters is 1. The summed E-state index contributed by atoms with van der Waals surface area (Å²) in [5, 5.41) is 2.53. The number of rotatable bonds is 4. The number of nitrogens with one attached hydrogen (secondary N) is 1. The number of amides is 1. The first-order valence-corrected chi connectivity index (χ1v) is 5.11. The number of benzene rings is 1. The Labute approximate surface area is 99.7 Å². The summed E-state index contributed by atoms with van der Waals surface area (Å²) in [5.74, 6) is -0.244. The van der Waals surface area contributed by atoms with Gasteiger partial charge in [0, 0.05) is 5.56 Å². The van der Waals surface area contributed by atoms with E-state index in [4.69, 9.17) is 4.74 Å². The van der Waals surface area contributed by atoms with E-state index in [1.54, 1.807) is 31.2 Å². The molecule has 0 aliphatic heterocycles. The van der Waals surface area contributed by atoms with Crippen molar-refractivity contribution in [1.82, 2.24) is 5.32 Å². The fourth-order valence-corrected chi connectivity index (χ4v) is 1.28. The highest BCUT2D eigenvalue weighted by Gasteiger charge is 2.16. The maximum Gasteiger partial charge on any atom is 0.328 e. The summed E-state index contributed by atoms with van der Waals surface area (Å²) >= 11 is 0. The number of carbonyl (C=O) groups is 2. The van der Waals surface area contributed by atoms with Gasteiger partial charge in [-0.05, 0) is 25.1 Å². The fourth-order valence-electron chi connectivity index (χ4n) is 1.28. The Bertz CT molecular complexity index is 417. The molecule has 0 fully saturated rings. The number of hydrogen-bond donors (Lipinski definition) is 1. The molecule has 1 aromatic carbocycles. The van der Waals surface area contributed by atoms with Gasteiger partial charge in [-0.3, -0.25) is 4.79 Å². The molecule has 1 amide bonds. The van der Waals surface area contributed by atoms with E-state index in [9.17, 15) is 9.59 Å². The molecular formula is C12H15NO4. The highest BCUT2D eigenvalue weighted by molar-refractivity contribution is 5.96. The van der Waals surface area contributed by atoms with Gasteiger partial charge in [0.15, 0.2) is 0 Å². The Morgan fingerprint density at radius 1 is 1.29 bits per heavy atom. The molecule has 0 radical (unpaired) electrons. The first-order chi connectivity index (χ1) is 8.08. The minimum Gasteiger partial charge on any atom is -0.497 e. The smallest absolute Gasteiger partial charge is 0.328 e. The van der Waals surface area contributed by atoms with Gasteiger partial charge in [0.2, 0.25) is 0 Å². The topological polar surface area (TPSA) is 64.6 Å². The third-order valence-electron chi connectivity index (χ3n) is 2.23. The predicted octanol–water partition coefficient (Wildman–Crippen LogP) is 0.986. The van der Waals surface area contributed by atoms with Crippen LogP contribution in [0, 0.1) is 0 Å². The van der Waals surface area contributed by atoms with Crippen LogP contribution in [0.25, 0.3) is 0 Å². The van der Waals surface area contributed by atoms with Gasteiger partial charge in [-0.25, -0.2) is 4.79 Å². The summed E-state index contributed by atoms with van der Waals surface area (Å²) in [5.41, 5.74) is 0.431. The van der Waals surface area contributed by atoms with Crippen LogP contribution >= 0.6 is 0 Å². The molecule has 0 aliphatic carbocycles. The zero-order valence-corrected chi connectivity index (χ0v) is 10.0. The third kappa shape index (κ3) is 3.48. The second-order valence-corrected chi connectivity index (χ2v) is 3.45. The lowest BCUT2D eigenvalue weighted by atomic mass is 10.2. The van der Waals surface area contributed by atoms with Crippen molar-refractivity contribution in [1.29, 1.82) is 0 Å². The number of ether oxygens (including phenoxy) is 2. The molecule has 17 heavy (non-hydrogen) atoms. The van der Waals surface area contributed by atoms with Gasteiger partial charge in [0.25, 0.3) is 5.91 Å². The van der Waals surface area contributed by atoms with Crippen LogP contribution in [0.5, 0.6) is 5.75 Å². The standard InChI is InChI=1S/C12H15NO4/c1-8(12(15)17-3)13-11(14)9-5-4-6-10(7-9)16-2/h4-8H,1-3H3,(H,13,14). The van der Waals surface area contributed by atoms with Crippen molar-refractivity contribution in [2.75, 3.05) is 14.2 Å². The zero-order chi connectivity index (χ0) is 12.8. The minimum absolute atomic E-state index is 0.346. The molecule has 0 spiro atoms. The van der Waals surface area contributed by atoms with E-state index >= 15 is 0 Å². The van der Waals surface area contributed by atoms with Crippen molar-refractivity contribution in [3.8, 4) is 5.75 Å². The second kappa shape index (κ2) is 5.89. The van der Waals surface area contributed by atoms with Gasteiger partial charge in [0.1, 0.15) is 11.8 Å². The van der Waals surface area contributed by atoms with Crippen molar-refractivity contribution in [2.45, 2.75) is 13.0 Å². The summed E-state index contributed by atoms with van der Waals surface area (Å²) in [4.78, 5) is 22.9. The summed E-state index contributed by atoms with van der Waals surface area (Å²) in [6.07, 6.45) is 0. The van der Waals surface area contributed by atoms with Crippen LogP contribution < -0.4 is 10.1 Å². The summed E-state index contributed by atoms with van der Waals surface area (Å²) < 4.78 is 9.52. The molecule has 1 aromatic rings. The molecule has 5 nitrogen and oxygen atoms in total. The minimum atomic E-state index is -0.682. The molecule has 1 atom stereocenters. The van der Waals surface area contributed by atoms with Crippen molar-refractivity contribution in [3.63, 3.8) is 0 Å². The second-order valence-electron chi connectivity index (χ2n) is 3.45. The van der Waals surface area contributed by atoms with Gasteiger partial charge in [-0.15, -0.1) is 0 Å². The van der Waals surface area contributed by atoms with Crippen LogP contribution in [-0.2, 0) is 9.53 Å². The highest BCUT2D eigenvalue weighted by atomic mass is 16.5. The quantitative estimate of drug-likeness (QED) is 0.793. The third-order valence-corrected chi connectivity index (χ3v) is 2.23. The van der Waals surface area contributed by atoms with Gasteiger partial charge in [-0.2, -0.15) is 0 Å². The van der Waals surface area contributed by atoms with Crippen LogP contribution in [0.1, 0.15) is 17.3 Å². The molecule has 1 unspecified atom stereocenters. The average molecular weight is 237 g/mol. The first-order valence-electron chi connectivity index (χ1n) is 5.11. The highest BCUT2D eigenvalue weighted by Crippen LogP contribution is 2.12. The van der Waals surface area contributed by atoms with E-state index in [-0.39, 0.29) is 5.91 Å². The number of hydrogen-bond acceptors (Lipinski definition) is 4. The largest absolute Gasteiger partial charge is 0.497 e. The molecule has 0 aliphatic rings. The first kappa shape index (κ1) is 13.0. The van der Waals surface area contributed by atoms with Gasteiger partial charge in [0.05, 0.1) is 14.2 Å². The molecular weight excluding hydrogens is 222 g/mol. The lowest BCUT2D eigenvalue weighted by Crippen LogP contribution is -2.39. The molecule has 5 heteroatoms. The average Bonchev–Trinajstić information content (AvgIpc) is 2.37. The molecule has 0 saturated carbocycles. The van der Waals surface area contributed by atoms with Crippen LogP contribution in [0.15, 0.2) is 24.3 Å². The maximum atomic E-state index is 11.8. The Hall–Kier alpha value is -2.04. The molecule has 0 saturated heterocycles. The molecule has 0 bridgehead atoms. The number of carbonyl (C=O) groups excluding carboxylic acids is 2. The Morgan fingerprint density at radius 3 is 2.59 bits per heavy atom. The fraction of sp³-hybridized carbons (Fsp3) is 0.333. The Morgan fingerprint density at radius 2 is 2.00 bits per heavy atom. The van der Waals surface area contributed by atoms with E-state index in [2.05, 4.69) is 10.1 Å².